The highest BCUT2D eigenvalue weighted by Crippen LogP contribution is 2.09. The molecule has 0 unspecified atom stereocenters. The first-order valence-corrected chi connectivity index (χ1v) is 4.03. The second-order valence-electron chi connectivity index (χ2n) is 2.73. The van der Waals surface area contributed by atoms with Crippen molar-refractivity contribution in [3.8, 4) is 0 Å². The van der Waals surface area contributed by atoms with Crippen LogP contribution in [0.2, 0.25) is 0 Å². The van der Waals surface area contributed by atoms with Gasteiger partial charge in [0.1, 0.15) is 0 Å². The minimum Gasteiger partial charge on any atom is -0.311 e. The summed E-state index contributed by atoms with van der Waals surface area (Å²) in [6, 6.07) is 0. The van der Waals surface area contributed by atoms with E-state index in [2.05, 4.69) is 22.6 Å². The van der Waals surface area contributed by atoms with Crippen LogP contribution in [-0.4, -0.2) is 21.5 Å². The molecule has 1 aliphatic heterocycles. The maximum Gasteiger partial charge on any atom is 0.0885 e. The van der Waals surface area contributed by atoms with Crippen molar-refractivity contribution in [1.29, 1.82) is 0 Å². The summed E-state index contributed by atoms with van der Waals surface area (Å²) in [5.74, 6) is 0. The molecule has 0 bridgehead atoms. The highest BCUT2D eigenvalue weighted by atomic mass is 15.4. The molecular weight excluding hydrogens is 140 g/mol. The average Bonchev–Trinajstić information content (AvgIpc) is 2.47. The summed E-state index contributed by atoms with van der Waals surface area (Å²) in [5.41, 5.74) is 2.43. The number of hydrogen-bond donors (Lipinski definition) is 1. The van der Waals surface area contributed by atoms with E-state index >= 15 is 0 Å². The topological polar surface area (TPSA) is 42.7 Å². The van der Waals surface area contributed by atoms with Crippen molar-refractivity contribution >= 4 is 0 Å². The molecule has 1 aromatic rings. The lowest BCUT2D eigenvalue weighted by atomic mass is 10.2. The zero-order valence-electron chi connectivity index (χ0n) is 6.67. The van der Waals surface area contributed by atoms with Gasteiger partial charge in [-0.15, -0.1) is 5.10 Å². The van der Waals surface area contributed by atoms with Crippen molar-refractivity contribution in [2.75, 3.05) is 6.54 Å². The summed E-state index contributed by atoms with van der Waals surface area (Å²) >= 11 is 0. The summed E-state index contributed by atoms with van der Waals surface area (Å²) in [6.07, 6.45) is 1.02. The molecule has 0 saturated heterocycles. The highest BCUT2D eigenvalue weighted by Gasteiger charge is 2.14. The second-order valence-corrected chi connectivity index (χ2v) is 2.73. The van der Waals surface area contributed by atoms with Gasteiger partial charge in [-0.2, -0.15) is 0 Å². The lowest BCUT2D eigenvalue weighted by Crippen LogP contribution is -2.25. The van der Waals surface area contributed by atoms with Crippen LogP contribution in [0.15, 0.2) is 0 Å². The van der Waals surface area contributed by atoms with Crippen molar-refractivity contribution in [3.05, 3.63) is 11.4 Å². The quantitative estimate of drug-likeness (QED) is 0.613. The van der Waals surface area contributed by atoms with E-state index < -0.39 is 0 Å². The fraction of sp³-hybridized carbons (Fsp3) is 0.714. The molecule has 1 aromatic heterocycles. The molecular formula is C7H12N4. The average molecular weight is 152 g/mol. The van der Waals surface area contributed by atoms with Gasteiger partial charge < -0.3 is 5.32 Å². The second kappa shape index (κ2) is 2.62. The van der Waals surface area contributed by atoms with Crippen molar-refractivity contribution in [2.24, 2.45) is 0 Å². The molecule has 0 atom stereocenters. The predicted octanol–water partition coefficient (Wildman–Crippen LogP) is -0.0563. The first-order chi connectivity index (χ1) is 5.42. The molecule has 1 aliphatic rings. The van der Waals surface area contributed by atoms with Gasteiger partial charge in [0.25, 0.3) is 0 Å². The first kappa shape index (κ1) is 6.79. The van der Waals surface area contributed by atoms with E-state index in [1.165, 1.54) is 11.4 Å². The summed E-state index contributed by atoms with van der Waals surface area (Å²) in [4.78, 5) is 0. The minimum atomic E-state index is 0.921. The van der Waals surface area contributed by atoms with Crippen molar-refractivity contribution in [1.82, 2.24) is 20.3 Å². The van der Waals surface area contributed by atoms with Crippen molar-refractivity contribution < 1.29 is 0 Å². The molecule has 0 fully saturated rings. The Bertz CT molecular complexity index is 239. The van der Waals surface area contributed by atoms with Gasteiger partial charge in [0.05, 0.1) is 11.4 Å². The van der Waals surface area contributed by atoms with Crippen LogP contribution in [0.3, 0.4) is 0 Å². The van der Waals surface area contributed by atoms with E-state index in [-0.39, 0.29) is 0 Å². The first-order valence-electron chi connectivity index (χ1n) is 4.03. The monoisotopic (exact) mass is 152 g/mol. The van der Waals surface area contributed by atoms with E-state index in [1.807, 2.05) is 4.68 Å². The number of aryl methyl sites for hydroxylation is 1. The van der Waals surface area contributed by atoms with Gasteiger partial charge in [-0.05, 0) is 6.92 Å². The van der Waals surface area contributed by atoms with Gasteiger partial charge in [-0.25, -0.2) is 4.68 Å². The SMILES string of the molecule is CCn1nnc2c1CNCC2. The van der Waals surface area contributed by atoms with E-state index in [0.29, 0.717) is 0 Å². The van der Waals surface area contributed by atoms with E-state index in [0.717, 1.165) is 26.1 Å². The highest BCUT2D eigenvalue weighted by molar-refractivity contribution is 5.13. The third kappa shape index (κ3) is 1.03. The number of aromatic nitrogens is 3. The van der Waals surface area contributed by atoms with Gasteiger partial charge in [0, 0.05) is 26.1 Å². The third-order valence-electron chi connectivity index (χ3n) is 2.05. The number of nitrogens with zero attached hydrogens (tertiary/aromatic N) is 3. The summed E-state index contributed by atoms with van der Waals surface area (Å²) in [6.45, 7) is 4.97. The Morgan fingerprint density at radius 2 is 2.55 bits per heavy atom. The van der Waals surface area contributed by atoms with Crippen LogP contribution in [-0.2, 0) is 19.5 Å². The van der Waals surface area contributed by atoms with Gasteiger partial charge in [-0.1, -0.05) is 5.21 Å². The number of fused-ring (bicyclic) bond motifs is 1. The lowest BCUT2D eigenvalue weighted by Gasteiger charge is -2.12. The molecule has 0 spiro atoms. The molecule has 11 heavy (non-hydrogen) atoms. The van der Waals surface area contributed by atoms with Crippen molar-refractivity contribution in [2.45, 2.75) is 26.4 Å². The molecule has 60 valence electrons. The summed E-state index contributed by atoms with van der Waals surface area (Å²) < 4.78 is 1.96. The van der Waals surface area contributed by atoms with Gasteiger partial charge in [-0.3, -0.25) is 0 Å². The predicted molar refractivity (Wildman–Crippen MR) is 41.1 cm³/mol. The third-order valence-corrected chi connectivity index (χ3v) is 2.05. The van der Waals surface area contributed by atoms with Crippen LogP contribution in [0.5, 0.6) is 0 Å². The summed E-state index contributed by atoms with van der Waals surface area (Å²) in [7, 11) is 0. The standard InChI is InChI=1S/C7H12N4/c1-2-11-7-5-8-4-3-6(7)9-10-11/h8H,2-5H2,1H3. The Labute approximate surface area is 65.6 Å². The van der Waals surface area contributed by atoms with Crippen LogP contribution in [0.4, 0.5) is 0 Å². The van der Waals surface area contributed by atoms with Gasteiger partial charge in [0.2, 0.25) is 0 Å². The molecule has 2 heterocycles. The largest absolute Gasteiger partial charge is 0.311 e. The smallest absolute Gasteiger partial charge is 0.0885 e. The molecule has 0 radical (unpaired) electrons. The number of nitrogens with one attached hydrogen (secondary N) is 1. The maximum absolute atomic E-state index is 4.10. The van der Waals surface area contributed by atoms with Crippen LogP contribution >= 0.6 is 0 Å². The summed E-state index contributed by atoms with van der Waals surface area (Å²) in [5, 5.41) is 11.4. The van der Waals surface area contributed by atoms with Crippen LogP contribution < -0.4 is 5.32 Å². The van der Waals surface area contributed by atoms with Crippen molar-refractivity contribution in [3.63, 3.8) is 0 Å². The Kier molecular flexibility index (Phi) is 1.62. The molecule has 0 aliphatic carbocycles. The minimum absolute atomic E-state index is 0.921. The number of rotatable bonds is 1. The van der Waals surface area contributed by atoms with Crippen LogP contribution in [0.25, 0.3) is 0 Å². The Balaban J connectivity index is 2.38. The zero-order valence-corrected chi connectivity index (χ0v) is 6.67. The molecule has 4 nitrogen and oxygen atoms in total. The fourth-order valence-electron chi connectivity index (χ4n) is 1.42. The van der Waals surface area contributed by atoms with E-state index in [1.54, 1.807) is 0 Å². The lowest BCUT2D eigenvalue weighted by molar-refractivity contribution is 0.557. The Morgan fingerprint density at radius 3 is 3.36 bits per heavy atom. The molecule has 4 heteroatoms. The van der Waals surface area contributed by atoms with E-state index in [4.69, 9.17) is 0 Å². The van der Waals surface area contributed by atoms with E-state index in [9.17, 15) is 0 Å². The van der Waals surface area contributed by atoms with Crippen LogP contribution in [0.1, 0.15) is 18.3 Å². The Morgan fingerprint density at radius 1 is 1.64 bits per heavy atom. The van der Waals surface area contributed by atoms with Crippen LogP contribution in [0, 0.1) is 0 Å². The molecule has 2 rings (SSSR count). The number of hydrogen-bond acceptors (Lipinski definition) is 3. The molecule has 0 amide bonds. The Hall–Kier alpha value is -0.900. The maximum atomic E-state index is 4.10. The normalized spacial score (nSPS) is 16.5. The zero-order chi connectivity index (χ0) is 7.68. The molecule has 0 saturated carbocycles. The molecule has 1 N–H and O–H groups in total. The molecule has 0 aromatic carbocycles. The van der Waals surface area contributed by atoms with Gasteiger partial charge in [0.15, 0.2) is 0 Å². The van der Waals surface area contributed by atoms with Gasteiger partial charge >= 0.3 is 0 Å². The fourth-order valence-corrected chi connectivity index (χ4v) is 1.42.